The molecule has 2 heterocycles. The molecule has 1 unspecified atom stereocenters. The van der Waals surface area contributed by atoms with Crippen LogP contribution in [0.4, 0.5) is 5.69 Å². The molecule has 2 fully saturated rings. The van der Waals surface area contributed by atoms with E-state index in [9.17, 15) is 9.59 Å². The van der Waals surface area contributed by atoms with Crippen LogP contribution in [0.5, 0.6) is 0 Å². The highest BCUT2D eigenvalue weighted by Gasteiger charge is 2.34. The third-order valence-electron chi connectivity index (χ3n) is 6.48. The highest BCUT2D eigenvalue weighted by molar-refractivity contribution is 5.93. The molecule has 4 rings (SSSR count). The first-order chi connectivity index (χ1) is 16.2. The van der Waals surface area contributed by atoms with Gasteiger partial charge in [0.2, 0.25) is 11.8 Å². The molecule has 0 aromatic heterocycles. The Balaban J connectivity index is 1.37. The maximum Gasteiger partial charge on any atom is 0.244 e. The first-order valence-electron chi connectivity index (χ1n) is 11.9. The summed E-state index contributed by atoms with van der Waals surface area (Å²) in [6.07, 6.45) is 0.882. The van der Waals surface area contributed by atoms with Gasteiger partial charge in [0.15, 0.2) is 0 Å². The van der Waals surface area contributed by atoms with E-state index in [1.807, 2.05) is 59.5 Å². The molecule has 2 amide bonds. The van der Waals surface area contributed by atoms with Gasteiger partial charge in [0.05, 0.1) is 19.8 Å². The van der Waals surface area contributed by atoms with E-state index in [1.165, 1.54) is 0 Å². The summed E-state index contributed by atoms with van der Waals surface area (Å²) in [6.45, 7) is 7.91. The number of ether oxygens (including phenoxy) is 1. The first-order valence-corrected chi connectivity index (χ1v) is 11.9. The maximum atomic E-state index is 13.5. The fourth-order valence-corrected chi connectivity index (χ4v) is 4.62. The van der Waals surface area contributed by atoms with E-state index in [2.05, 4.69) is 22.0 Å². The van der Waals surface area contributed by atoms with Crippen molar-refractivity contribution in [1.29, 1.82) is 0 Å². The molecule has 1 atom stereocenters. The van der Waals surface area contributed by atoms with Crippen molar-refractivity contribution in [2.24, 2.45) is 0 Å². The summed E-state index contributed by atoms with van der Waals surface area (Å²) >= 11 is 0. The number of carbonyl (C=O) groups is 2. The number of hydrogen-bond acceptors (Lipinski definition) is 5. The normalized spacial score (nSPS) is 18.6. The zero-order valence-electron chi connectivity index (χ0n) is 19.4. The summed E-state index contributed by atoms with van der Waals surface area (Å²) in [6, 6.07) is 17.7. The van der Waals surface area contributed by atoms with Crippen molar-refractivity contribution in [2.45, 2.75) is 19.4 Å². The van der Waals surface area contributed by atoms with Crippen LogP contribution in [-0.2, 0) is 20.7 Å². The summed E-state index contributed by atoms with van der Waals surface area (Å²) in [4.78, 5) is 32.5. The second-order valence-electron chi connectivity index (χ2n) is 8.62. The molecule has 7 nitrogen and oxygen atoms in total. The third-order valence-corrected chi connectivity index (χ3v) is 6.48. The van der Waals surface area contributed by atoms with Gasteiger partial charge in [0, 0.05) is 45.0 Å². The average molecular weight is 451 g/mol. The molecular formula is C26H34N4O3. The van der Waals surface area contributed by atoms with Crippen molar-refractivity contribution < 1.29 is 14.3 Å². The number of para-hydroxylation sites is 1. The Morgan fingerprint density at radius 2 is 1.58 bits per heavy atom. The highest BCUT2D eigenvalue weighted by Crippen LogP contribution is 2.25. The number of nitrogens with one attached hydrogen (secondary N) is 1. The quantitative estimate of drug-likeness (QED) is 0.702. The summed E-state index contributed by atoms with van der Waals surface area (Å²) in [5, 5.41) is 3.06. The molecule has 0 aliphatic carbocycles. The van der Waals surface area contributed by atoms with Crippen molar-refractivity contribution in [1.82, 2.24) is 14.7 Å². The Morgan fingerprint density at radius 1 is 0.909 bits per heavy atom. The van der Waals surface area contributed by atoms with Crippen molar-refractivity contribution in [3.8, 4) is 0 Å². The summed E-state index contributed by atoms with van der Waals surface area (Å²) in [7, 11) is 0. The molecule has 2 aromatic carbocycles. The monoisotopic (exact) mass is 450 g/mol. The van der Waals surface area contributed by atoms with E-state index >= 15 is 0 Å². The number of anilines is 1. The Kier molecular flexibility index (Phi) is 8.10. The van der Waals surface area contributed by atoms with Gasteiger partial charge in [0.25, 0.3) is 0 Å². The van der Waals surface area contributed by atoms with Crippen LogP contribution in [0.1, 0.15) is 24.1 Å². The summed E-state index contributed by atoms with van der Waals surface area (Å²) < 4.78 is 5.44. The van der Waals surface area contributed by atoms with Gasteiger partial charge < -0.3 is 15.0 Å². The number of piperazine rings is 1. The molecule has 2 aromatic rings. The average Bonchev–Trinajstić information content (AvgIpc) is 2.86. The largest absolute Gasteiger partial charge is 0.378 e. The number of carbonyl (C=O) groups excluding carboxylic acids is 2. The molecule has 33 heavy (non-hydrogen) atoms. The molecule has 176 valence electrons. The SMILES string of the molecule is CCc1ccccc1NC(=O)CN1CCN(C(C(=O)N2CCOCC2)c2ccccc2)CC1. The lowest BCUT2D eigenvalue weighted by molar-refractivity contribution is -0.142. The van der Waals surface area contributed by atoms with Crippen LogP contribution in [-0.4, -0.2) is 85.5 Å². The summed E-state index contributed by atoms with van der Waals surface area (Å²) in [5.41, 5.74) is 3.06. The first kappa shape index (κ1) is 23.4. The van der Waals surface area contributed by atoms with Crippen LogP contribution in [0.3, 0.4) is 0 Å². The smallest absolute Gasteiger partial charge is 0.244 e. The molecule has 0 saturated carbocycles. The molecular weight excluding hydrogens is 416 g/mol. The molecule has 7 heteroatoms. The van der Waals surface area contributed by atoms with Crippen LogP contribution >= 0.6 is 0 Å². The predicted molar refractivity (Wildman–Crippen MR) is 129 cm³/mol. The van der Waals surface area contributed by atoms with Crippen molar-refractivity contribution in [2.75, 3.05) is 64.3 Å². The number of morpholine rings is 1. The fourth-order valence-electron chi connectivity index (χ4n) is 4.62. The second-order valence-corrected chi connectivity index (χ2v) is 8.62. The number of hydrogen-bond donors (Lipinski definition) is 1. The number of rotatable bonds is 7. The zero-order valence-corrected chi connectivity index (χ0v) is 19.4. The number of aryl methyl sites for hydroxylation is 1. The predicted octanol–water partition coefficient (Wildman–Crippen LogP) is 2.41. The topological polar surface area (TPSA) is 65.1 Å². The van der Waals surface area contributed by atoms with E-state index in [1.54, 1.807) is 0 Å². The zero-order chi connectivity index (χ0) is 23.0. The minimum atomic E-state index is -0.295. The highest BCUT2D eigenvalue weighted by atomic mass is 16.5. The van der Waals surface area contributed by atoms with Crippen LogP contribution in [0.15, 0.2) is 54.6 Å². The van der Waals surface area contributed by atoms with Crippen molar-refractivity contribution in [3.05, 3.63) is 65.7 Å². The van der Waals surface area contributed by atoms with Gasteiger partial charge >= 0.3 is 0 Å². The fraction of sp³-hybridized carbons (Fsp3) is 0.462. The van der Waals surface area contributed by atoms with Crippen LogP contribution < -0.4 is 5.32 Å². The van der Waals surface area contributed by atoms with Crippen molar-refractivity contribution in [3.63, 3.8) is 0 Å². The lowest BCUT2D eigenvalue weighted by Crippen LogP contribution is -2.53. The Labute approximate surface area is 196 Å². The minimum absolute atomic E-state index is 0.00773. The molecule has 0 radical (unpaired) electrons. The maximum absolute atomic E-state index is 13.5. The van der Waals surface area contributed by atoms with Crippen LogP contribution in [0.2, 0.25) is 0 Å². The van der Waals surface area contributed by atoms with Gasteiger partial charge in [-0.3, -0.25) is 19.4 Å². The van der Waals surface area contributed by atoms with Gasteiger partial charge in [-0.25, -0.2) is 0 Å². The van der Waals surface area contributed by atoms with Gasteiger partial charge in [-0.05, 0) is 23.6 Å². The van der Waals surface area contributed by atoms with E-state index in [0.717, 1.165) is 49.4 Å². The Morgan fingerprint density at radius 3 is 2.27 bits per heavy atom. The van der Waals surface area contributed by atoms with Crippen LogP contribution in [0.25, 0.3) is 0 Å². The minimum Gasteiger partial charge on any atom is -0.378 e. The van der Waals surface area contributed by atoms with Gasteiger partial charge in [-0.1, -0.05) is 55.5 Å². The van der Waals surface area contributed by atoms with Crippen molar-refractivity contribution >= 4 is 17.5 Å². The van der Waals surface area contributed by atoms with Crippen LogP contribution in [0, 0.1) is 0 Å². The third kappa shape index (κ3) is 5.99. The molecule has 2 aliphatic heterocycles. The van der Waals surface area contributed by atoms with E-state index < -0.39 is 0 Å². The summed E-state index contributed by atoms with van der Waals surface area (Å²) in [5.74, 6) is 0.153. The number of amides is 2. The molecule has 1 N–H and O–H groups in total. The lowest BCUT2D eigenvalue weighted by atomic mass is 10.0. The standard InChI is InChI=1S/C26H34N4O3/c1-2-21-8-6-7-11-23(21)27-24(31)20-28-12-14-29(15-13-28)25(22-9-4-3-5-10-22)26(32)30-16-18-33-19-17-30/h3-11,25H,2,12-20H2,1H3,(H,27,31). The molecule has 0 spiro atoms. The Hall–Kier alpha value is -2.74. The number of benzene rings is 2. The van der Waals surface area contributed by atoms with E-state index in [0.29, 0.717) is 32.8 Å². The van der Waals surface area contributed by atoms with Gasteiger partial charge in [-0.15, -0.1) is 0 Å². The van der Waals surface area contributed by atoms with Gasteiger partial charge in [0.1, 0.15) is 6.04 Å². The molecule has 2 aliphatic rings. The Bertz CT molecular complexity index is 922. The second kappa shape index (κ2) is 11.4. The van der Waals surface area contributed by atoms with E-state index in [-0.39, 0.29) is 17.9 Å². The lowest BCUT2D eigenvalue weighted by Gasteiger charge is -2.40. The molecule has 0 bridgehead atoms. The molecule has 2 saturated heterocycles. The number of nitrogens with zero attached hydrogens (tertiary/aromatic N) is 3. The van der Waals surface area contributed by atoms with E-state index in [4.69, 9.17) is 4.74 Å². The van der Waals surface area contributed by atoms with Gasteiger partial charge in [-0.2, -0.15) is 0 Å².